The molecule has 1 atom stereocenters. The minimum absolute atomic E-state index is 0.0138. The van der Waals surface area contributed by atoms with Gasteiger partial charge in [0.05, 0.1) is 6.61 Å². The van der Waals surface area contributed by atoms with Gasteiger partial charge in [-0.2, -0.15) is 0 Å². The van der Waals surface area contributed by atoms with Crippen LogP contribution in [0.1, 0.15) is 32.3 Å². The van der Waals surface area contributed by atoms with E-state index in [2.05, 4.69) is 19.2 Å². The van der Waals surface area contributed by atoms with E-state index in [0.717, 1.165) is 38.0 Å². The summed E-state index contributed by atoms with van der Waals surface area (Å²) < 4.78 is 19.1. The van der Waals surface area contributed by atoms with Crippen molar-refractivity contribution in [1.82, 2.24) is 5.32 Å². The van der Waals surface area contributed by atoms with Crippen molar-refractivity contribution in [2.75, 3.05) is 19.8 Å². The molecule has 0 spiro atoms. The number of rotatable bonds is 5. The highest BCUT2D eigenvalue weighted by Crippen LogP contribution is 2.34. The molecule has 1 N–H and O–H groups in total. The Labute approximate surface area is 125 Å². The molecule has 0 radical (unpaired) electrons. The van der Waals surface area contributed by atoms with Crippen LogP contribution in [0.2, 0.25) is 5.02 Å². The lowest BCUT2D eigenvalue weighted by Gasteiger charge is -2.38. The summed E-state index contributed by atoms with van der Waals surface area (Å²) in [6.07, 6.45) is 2.88. The van der Waals surface area contributed by atoms with Crippen LogP contribution >= 0.6 is 11.6 Å². The Kier molecular flexibility index (Phi) is 5.42. The van der Waals surface area contributed by atoms with Crippen molar-refractivity contribution in [3.63, 3.8) is 0 Å². The Morgan fingerprint density at radius 1 is 1.45 bits per heavy atom. The molecule has 0 aromatic heterocycles. The van der Waals surface area contributed by atoms with E-state index in [4.69, 9.17) is 16.3 Å². The van der Waals surface area contributed by atoms with Crippen molar-refractivity contribution in [1.29, 1.82) is 0 Å². The summed E-state index contributed by atoms with van der Waals surface area (Å²) in [6, 6.07) is 5.02. The van der Waals surface area contributed by atoms with E-state index >= 15 is 0 Å². The molecule has 1 aromatic rings. The Hall–Kier alpha value is -0.640. The molecule has 1 aliphatic rings. The van der Waals surface area contributed by atoms with Gasteiger partial charge in [0.1, 0.15) is 5.82 Å². The second-order valence-electron chi connectivity index (χ2n) is 6.10. The molecule has 4 heteroatoms. The zero-order valence-corrected chi connectivity index (χ0v) is 13.0. The zero-order chi connectivity index (χ0) is 14.6. The predicted molar refractivity (Wildman–Crippen MR) is 80.7 cm³/mol. The first-order valence-electron chi connectivity index (χ1n) is 7.26. The van der Waals surface area contributed by atoms with Crippen LogP contribution in [0.15, 0.2) is 18.2 Å². The first-order valence-corrected chi connectivity index (χ1v) is 7.64. The molecule has 1 fully saturated rings. The average Bonchev–Trinajstić information content (AvgIpc) is 2.42. The first-order chi connectivity index (χ1) is 9.51. The van der Waals surface area contributed by atoms with Crippen molar-refractivity contribution in [3.05, 3.63) is 34.6 Å². The Morgan fingerprint density at radius 3 is 2.90 bits per heavy atom. The number of benzene rings is 1. The van der Waals surface area contributed by atoms with E-state index in [1.165, 1.54) is 6.07 Å². The fourth-order valence-corrected chi connectivity index (χ4v) is 2.94. The van der Waals surface area contributed by atoms with Crippen LogP contribution in [-0.4, -0.2) is 25.8 Å². The maximum absolute atomic E-state index is 13.4. The van der Waals surface area contributed by atoms with Gasteiger partial charge in [0.25, 0.3) is 0 Å². The highest BCUT2D eigenvalue weighted by Gasteiger charge is 2.33. The van der Waals surface area contributed by atoms with Gasteiger partial charge >= 0.3 is 0 Å². The molecule has 2 nitrogen and oxygen atoms in total. The summed E-state index contributed by atoms with van der Waals surface area (Å²) in [7, 11) is 0. The summed E-state index contributed by atoms with van der Waals surface area (Å²) in [5, 5.41) is 4.13. The molecule has 0 bridgehead atoms. The fraction of sp³-hybridized carbons (Fsp3) is 0.625. The van der Waals surface area contributed by atoms with Gasteiger partial charge < -0.3 is 10.1 Å². The molecule has 20 heavy (non-hydrogen) atoms. The SMILES string of the molecule is CC(C)NCC1(Cc2cc(F)ccc2Cl)CCCOC1. The van der Waals surface area contributed by atoms with E-state index < -0.39 is 0 Å². The molecule has 1 unspecified atom stereocenters. The second-order valence-corrected chi connectivity index (χ2v) is 6.51. The molecule has 112 valence electrons. The number of halogens is 2. The lowest BCUT2D eigenvalue weighted by Crippen LogP contribution is -2.44. The van der Waals surface area contributed by atoms with Gasteiger partial charge in [0.2, 0.25) is 0 Å². The van der Waals surface area contributed by atoms with E-state index in [0.29, 0.717) is 17.7 Å². The van der Waals surface area contributed by atoms with E-state index in [1.807, 2.05) is 0 Å². The minimum Gasteiger partial charge on any atom is -0.381 e. The van der Waals surface area contributed by atoms with Gasteiger partial charge in [0, 0.05) is 29.6 Å². The summed E-state index contributed by atoms with van der Waals surface area (Å²) in [4.78, 5) is 0. The standard InChI is InChI=1S/C16H23ClFNO/c1-12(2)19-10-16(6-3-7-20-11-16)9-13-8-14(18)4-5-15(13)17/h4-5,8,12,19H,3,6-7,9-11H2,1-2H3. The summed E-state index contributed by atoms with van der Waals surface area (Å²) in [5.41, 5.74) is 0.891. The van der Waals surface area contributed by atoms with Crippen molar-refractivity contribution < 1.29 is 9.13 Å². The van der Waals surface area contributed by atoms with Crippen molar-refractivity contribution in [2.24, 2.45) is 5.41 Å². The van der Waals surface area contributed by atoms with Crippen LogP contribution in [0.25, 0.3) is 0 Å². The van der Waals surface area contributed by atoms with Crippen LogP contribution in [-0.2, 0) is 11.2 Å². The van der Waals surface area contributed by atoms with Gasteiger partial charge in [-0.1, -0.05) is 25.4 Å². The zero-order valence-electron chi connectivity index (χ0n) is 12.2. The predicted octanol–water partition coefficient (Wildman–Crippen LogP) is 3.82. The van der Waals surface area contributed by atoms with E-state index in [-0.39, 0.29) is 11.2 Å². The van der Waals surface area contributed by atoms with Gasteiger partial charge in [-0.15, -0.1) is 0 Å². The summed E-state index contributed by atoms with van der Waals surface area (Å²) >= 11 is 6.21. The fourth-order valence-electron chi connectivity index (χ4n) is 2.75. The molecule has 1 heterocycles. The van der Waals surface area contributed by atoms with E-state index in [9.17, 15) is 4.39 Å². The number of hydrogen-bond acceptors (Lipinski definition) is 2. The Bertz CT molecular complexity index is 444. The largest absolute Gasteiger partial charge is 0.381 e. The van der Waals surface area contributed by atoms with Crippen molar-refractivity contribution >= 4 is 11.6 Å². The average molecular weight is 300 g/mol. The molecule has 0 saturated carbocycles. The Balaban J connectivity index is 2.16. The van der Waals surface area contributed by atoms with Crippen LogP contribution < -0.4 is 5.32 Å². The van der Waals surface area contributed by atoms with Gasteiger partial charge in [-0.3, -0.25) is 0 Å². The smallest absolute Gasteiger partial charge is 0.123 e. The molecular weight excluding hydrogens is 277 g/mol. The quantitative estimate of drug-likeness (QED) is 0.892. The number of nitrogens with one attached hydrogen (secondary N) is 1. The van der Waals surface area contributed by atoms with Gasteiger partial charge in [0.15, 0.2) is 0 Å². The van der Waals surface area contributed by atoms with Crippen LogP contribution in [0.4, 0.5) is 4.39 Å². The Morgan fingerprint density at radius 2 is 2.25 bits per heavy atom. The third-order valence-corrected chi connectivity index (χ3v) is 4.23. The molecule has 0 aliphatic carbocycles. The lowest BCUT2D eigenvalue weighted by atomic mass is 9.77. The normalized spacial score (nSPS) is 23.2. The van der Waals surface area contributed by atoms with Crippen molar-refractivity contribution in [2.45, 2.75) is 39.2 Å². The first kappa shape index (κ1) is 15.7. The minimum atomic E-state index is -0.229. The maximum atomic E-state index is 13.4. The summed E-state index contributed by atoms with van der Waals surface area (Å²) in [6.45, 7) is 6.66. The van der Waals surface area contributed by atoms with Crippen LogP contribution in [0, 0.1) is 11.2 Å². The van der Waals surface area contributed by atoms with Crippen molar-refractivity contribution in [3.8, 4) is 0 Å². The molecule has 0 amide bonds. The monoisotopic (exact) mass is 299 g/mol. The van der Waals surface area contributed by atoms with Crippen LogP contribution in [0.5, 0.6) is 0 Å². The molecule has 2 rings (SSSR count). The third kappa shape index (κ3) is 4.18. The molecule has 1 aromatic carbocycles. The number of hydrogen-bond donors (Lipinski definition) is 1. The molecule has 1 aliphatic heterocycles. The highest BCUT2D eigenvalue weighted by atomic mass is 35.5. The van der Waals surface area contributed by atoms with E-state index in [1.54, 1.807) is 12.1 Å². The molecular formula is C16H23ClFNO. The number of ether oxygens (including phenoxy) is 1. The van der Waals surface area contributed by atoms with Gasteiger partial charge in [-0.25, -0.2) is 4.39 Å². The second kappa shape index (κ2) is 6.88. The lowest BCUT2D eigenvalue weighted by molar-refractivity contribution is -0.00803. The van der Waals surface area contributed by atoms with Gasteiger partial charge in [-0.05, 0) is 43.0 Å². The highest BCUT2D eigenvalue weighted by molar-refractivity contribution is 6.31. The topological polar surface area (TPSA) is 21.3 Å². The molecule has 1 saturated heterocycles. The third-order valence-electron chi connectivity index (χ3n) is 3.86. The van der Waals surface area contributed by atoms with Crippen LogP contribution in [0.3, 0.4) is 0 Å². The summed E-state index contributed by atoms with van der Waals surface area (Å²) in [5.74, 6) is -0.229. The maximum Gasteiger partial charge on any atom is 0.123 e.